The first-order valence-corrected chi connectivity index (χ1v) is 4.06. The zero-order chi connectivity index (χ0) is 8.01. The van der Waals surface area contributed by atoms with E-state index in [2.05, 4.69) is 5.92 Å². The van der Waals surface area contributed by atoms with Crippen LogP contribution in [0.25, 0.3) is 0 Å². The molecule has 2 nitrogen and oxygen atoms in total. The van der Waals surface area contributed by atoms with Gasteiger partial charge < -0.3 is 10.2 Å². The van der Waals surface area contributed by atoms with Gasteiger partial charge in [0.1, 0.15) is 0 Å². The van der Waals surface area contributed by atoms with E-state index in [-0.39, 0.29) is 17.8 Å². The monoisotopic (exact) mass is 152 g/mol. The highest BCUT2D eigenvalue weighted by molar-refractivity contribution is 5.10. The first kappa shape index (κ1) is 7.15. The molecule has 0 aromatic carbocycles. The van der Waals surface area contributed by atoms with E-state index in [4.69, 9.17) is 6.42 Å². The quantitative estimate of drug-likeness (QED) is 0.479. The standard InChI is InChI=1S/C9H12O2/c1-2-5-3-6-4-7(5)9(11)8(6)10/h1,5-11H,3-4H2. The van der Waals surface area contributed by atoms with E-state index < -0.39 is 12.2 Å². The molecule has 2 heteroatoms. The molecule has 2 rings (SSSR count). The fourth-order valence-electron chi connectivity index (χ4n) is 2.49. The third-order valence-corrected chi connectivity index (χ3v) is 3.13. The van der Waals surface area contributed by atoms with Crippen molar-refractivity contribution in [2.24, 2.45) is 17.8 Å². The van der Waals surface area contributed by atoms with Gasteiger partial charge in [-0.05, 0) is 18.8 Å². The molecule has 0 saturated heterocycles. The first-order valence-electron chi connectivity index (χ1n) is 4.06. The summed E-state index contributed by atoms with van der Waals surface area (Å²) in [7, 11) is 0. The van der Waals surface area contributed by atoms with Gasteiger partial charge in [0.15, 0.2) is 0 Å². The molecule has 2 N–H and O–H groups in total. The molecule has 2 saturated carbocycles. The summed E-state index contributed by atoms with van der Waals surface area (Å²) in [5.41, 5.74) is 0. The molecule has 0 aromatic rings. The molecule has 60 valence electrons. The lowest BCUT2D eigenvalue weighted by Crippen LogP contribution is -2.36. The van der Waals surface area contributed by atoms with E-state index >= 15 is 0 Å². The molecule has 0 aromatic heterocycles. The Kier molecular flexibility index (Phi) is 1.45. The second kappa shape index (κ2) is 2.23. The van der Waals surface area contributed by atoms with E-state index in [1.807, 2.05) is 0 Å². The average Bonchev–Trinajstić information content (AvgIpc) is 2.53. The Bertz CT molecular complexity index is 204. The molecule has 0 amide bonds. The van der Waals surface area contributed by atoms with Gasteiger partial charge in [0.2, 0.25) is 0 Å². The van der Waals surface area contributed by atoms with Crippen molar-refractivity contribution in [2.75, 3.05) is 0 Å². The predicted octanol–water partition coefficient (Wildman–Crippen LogP) is -0.00260. The summed E-state index contributed by atoms with van der Waals surface area (Å²) < 4.78 is 0. The molecule has 5 atom stereocenters. The highest BCUT2D eigenvalue weighted by atomic mass is 16.3. The number of rotatable bonds is 0. The SMILES string of the molecule is C#CC1CC2CC1C(O)C2O. The van der Waals surface area contributed by atoms with Crippen LogP contribution in [0.4, 0.5) is 0 Å². The minimum absolute atomic E-state index is 0.167. The first-order chi connectivity index (χ1) is 5.24. The van der Waals surface area contributed by atoms with Crippen molar-refractivity contribution in [3.05, 3.63) is 0 Å². The Labute approximate surface area is 66.2 Å². The van der Waals surface area contributed by atoms with Gasteiger partial charge in [-0.3, -0.25) is 0 Å². The molecule has 2 fully saturated rings. The topological polar surface area (TPSA) is 40.5 Å². The number of terminal acetylenes is 1. The Morgan fingerprint density at radius 1 is 1.18 bits per heavy atom. The van der Waals surface area contributed by atoms with Crippen molar-refractivity contribution in [1.82, 2.24) is 0 Å². The van der Waals surface area contributed by atoms with Crippen LogP contribution in [0.3, 0.4) is 0 Å². The minimum atomic E-state index is -0.560. The Hall–Kier alpha value is -0.520. The van der Waals surface area contributed by atoms with Gasteiger partial charge in [0, 0.05) is 11.8 Å². The number of hydrogen-bond donors (Lipinski definition) is 2. The number of aliphatic hydroxyl groups is 2. The number of hydrogen-bond acceptors (Lipinski definition) is 2. The van der Waals surface area contributed by atoms with E-state index in [0.717, 1.165) is 12.8 Å². The van der Waals surface area contributed by atoms with E-state index in [0.29, 0.717) is 0 Å². The molecule has 11 heavy (non-hydrogen) atoms. The van der Waals surface area contributed by atoms with Crippen LogP contribution >= 0.6 is 0 Å². The lowest BCUT2D eigenvalue weighted by Gasteiger charge is -2.26. The summed E-state index contributed by atoms with van der Waals surface area (Å²) in [5.74, 6) is 3.31. The zero-order valence-electron chi connectivity index (χ0n) is 6.27. The normalized spacial score (nSPS) is 54.5. The third kappa shape index (κ3) is 0.817. The van der Waals surface area contributed by atoms with Crippen LogP contribution < -0.4 is 0 Å². The molecular formula is C9H12O2. The summed E-state index contributed by atoms with van der Waals surface area (Å²) >= 11 is 0. The average molecular weight is 152 g/mol. The van der Waals surface area contributed by atoms with E-state index in [1.54, 1.807) is 0 Å². The molecular weight excluding hydrogens is 140 g/mol. The molecule has 0 spiro atoms. The number of fused-ring (bicyclic) bond motifs is 2. The zero-order valence-corrected chi connectivity index (χ0v) is 6.27. The lowest BCUT2D eigenvalue weighted by atomic mass is 9.86. The Balaban J connectivity index is 2.17. The molecule has 2 bridgehead atoms. The highest BCUT2D eigenvalue weighted by Gasteiger charge is 2.50. The maximum Gasteiger partial charge on any atom is 0.0841 e. The van der Waals surface area contributed by atoms with Gasteiger partial charge in [-0.1, -0.05) is 0 Å². The van der Waals surface area contributed by atoms with Gasteiger partial charge in [-0.15, -0.1) is 12.3 Å². The maximum atomic E-state index is 9.44. The fraction of sp³-hybridized carbons (Fsp3) is 0.778. The summed E-state index contributed by atoms with van der Waals surface area (Å²) in [4.78, 5) is 0. The Morgan fingerprint density at radius 3 is 2.36 bits per heavy atom. The summed E-state index contributed by atoms with van der Waals surface area (Å²) in [6.07, 6.45) is 6.03. The van der Waals surface area contributed by atoms with Gasteiger partial charge in [0.25, 0.3) is 0 Å². The van der Waals surface area contributed by atoms with Crippen LogP contribution in [0.1, 0.15) is 12.8 Å². The highest BCUT2D eigenvalue weighted by Crippen LogP contribution is 2.48. The van der Waals surface area contributed by atoms with E-state index in [1.165, 1.54) is 0 Å². The smallest absolute Gasteiger partial charge is 0.0841 e. The van der Waals surface area contributed by atoms with Crippen molar-refractivity contribution in [1.29, 1.82) is 0 Å². The second-order valence-corrected chi connectivity index (χ2v) is 3.65. The van der Waals surface area contributed by atoms with Crippen molar-refractivity contribution < 1.29 is 10.2 Å². The van der Waals surface area contributed by atoms with Crippen molar-refractivity contribution in [3.63, 3.8) is 0 Å². The predicted molar refractivity (Wildman–Crippen MR) is 40.6 cm³/mol. The van der Waals surface area contributed by atoms with Gasteiger partial charge in [-0.25, -0.2) is 0 Å². The van der Waals surface area contributed by atoms with Crippen LogP contribution in [0.5, 0.6) is 0 Å². The largest absolute Gasteiger partial charge is 0.390 e. The van der Waals surface area contributed by atoms with Crippen molar-refractivity contribution in [3.8, 4) is 12.3 Å². The maximum absolute atomic E-state index is 9.44. The van der Waals surface area contributed by atoms with Gasteiger partial charge in [0.05, 0.1) is 12.2 Å². The van der Waals surface area contributed by atoms with Crippen LogP contribution in [0.2, 0.25) is 0 Å². The Morgan fingerprint density at radius 2 is 1.91 bits per heavy atom. The van der Waals surface area contributed by atoms with E-state index in [9.17, 15) is 10.2 Å². The lowest BCUT2D eigenvalue weighted by molar-refractivity contribution is -0.0256. The fourth-order valence-corrected chi connectivity index (χ4v) is 2.49. The van der Waals surface area contributed by atoms with Gasteiger partial charge in [-0.2, -0.15) is 0 Å². The van der Waals surface area contributed by atoms with Crippen molar-refractivity contribution in [2.45, 2.75) is 25.0 Å². The summed E-state index contributed by atoms with van der Waals surface area (Å²) in [5, 5.41) is 18.8. The van der Waals surface area contributed by atoms with Crippen LogP contribution in [-0.2, 0) is 0 Å². The summed E-state index contributed by atoms with van der Waals surface area (Å²) in [6, 6.07) is 0. The molecule has 5 unspecified atom stereocenters. The molecule has 0 aliphatic heterocycles. The molecule has 2 aliphatic carbocycles. The molecule has 2 aliphatic rings. The summed E-state index contributed by atoms with van der Waals surface area (Å²) in [6.45, 7) is 0. The minimum Gasteiger partial charge on any atom is -0.390 e. The molecule has 0 radical (unpaired) electrons. The second-order valence-electron chi connectivity index (χ2n) is 3.65. The van der Waals surface area contributed by atoms with Crippen molar-refractivity contribution >= 4 is 0 Å². The van der Waals surface area contributed by atoms with Gasteiger partial charge >= 0.3 is 0 Å². The van der Waals surface area contributed by atoms with Crippen LogP contribution in [-0.4, -0.2) is 22.4 Å². The third-order valence-electron chi connectivity index (χ3n) is 3.13. The van der Waals surface area contributed by atoms with Crippen LogP contribution in [0.15, 0.2) is 0 Å². The molecule has 0 heterocycles. The van der Waals surface area contributed by atoms with Crippen LogP contribution in [0, 0.1) is 30.1 Å². The number of aliphatic hydroxyl groups excluding tert-OH is 2.